The highest BCUT2D eigenvalue weighted by molar-refractivity contribution is 7.90. The third-order valence-electron chi connectivity index (χ3n) is 2.51. The molecule has 0 aliphatic heterocycles. The molecule has 1 aromatic carbocycles. The van der Waals surface area contributed by atoms with E-state index in [0.29, 0.717) is 6.54 Å². The molecule has 6 heteroatoms. The van der Waals surface area contributed by atoms with Gasteiger partial charge in [0.25, 0.3) is 0 Å². The molecule has 1 amide bonds. The minimum atomic E-state index is -3.17. The summed E-state index contributed by atoms with van der Waals surface area (Å²) >= 11 is 0. The van der Waals surface area contributed by atoms with Crippen LogP contribution in [-0.2, 0) is 21.2 Å². The number of rotatable bonds is 6. The van der Waals surface area contributed by atoms with Crippen molar-refractivity contribution in [1.82, 2.24) is 10.6 Å². The standard InChI is InChI=1S/C13H20N2O3S/c1-10(2)14-9-13(16)15-8-11-4-6-12(7-5-11)19(3,17)18/h4-7,10,14H,8-9H2,1-3H3,(H,15,16). The second-order valence-electron chi connectivity index (χ2n) is 4.73. The molecule has 0 aliphatic rings. The Balaban J connectivity index is 2.48. The van der Waals surface area contributed by atoms with Crippen molar-refractivity contribution in [2.24, 2.45) is 0 Å². The van der Waals surface area contributed by atoms with Crippen LogP contribution in [0.25, 0.3) is 0 Å². The summed E-state index contributed by atoms with van der Waals surface area (Å²) in [5.74, 6) is -0.0825. The Hall–Kier alpha value is -1.40. The first-order valence-corrected chi connectivity index (χ1v) is 7.97. The minimum absolute atomic E-state index is 0.0825. The van der Waals surface area contributed by atoms with Crippen molar-refractivity contribution in [3.63, 3.8) is 0 Å². The number of hydrogen-bond acceptors (Lipinski definition) is 4. The van der Waals surface area contributed by atoms with Crippen molar-refractivity contribution in [2.45, 2.75) is 31.3 Å². The van der Waals surface area contributed by atoms with Gasteiger partial charge in [-0.3, -0.25) is 4.79 Å². The average Bonchev–Trinajstić information content (AvgIpc) is 2.33. The van der Waals surface area contributed by atoms with Crippen molar-refractivity contribution in [3.05, 3.63) is 29.8 Å². The minimum Gasteiger partial charge on any atom is -0.351 e. The molecule has 0 saturated carbocycles. The van der Waals surface area contributed by atoms with Crippen molar-refractivity contribution in [3.8, 4) is 0 Å². The van der Waals surface area contributed by atoms with Crippen molar-refractivity contribution >= 4 is 15.7 Å². The van der Waals surface area contributed by atoms with Gasteiger partial charge in [0.2, 0.25) is 5.91 Å². The van der Waals surface area contributed by atoms with Gasteiger partial charge in [-0.25, -0.2) is 8.42 Å². The number of sulfone groups is 1. The van der Waals surface area contributed by atoms with Crippen LogP contribution >= 0.6 is 0 Å². The van der Waals surface area contributed by atoms with Gasteiger partial charge in [0.05, 0.1) is 11.4 Å². The number of amides is 1. The first-order chi connectivity index (χ1) is 8.79. The van der Waals surface area contributed by atoms with E-state index in [1.807, 2.05) is 13.8 Å². The zero-order valence-electron chi connectivity index (χ0n) is 11.4. The van der Waals surface area contributed by atoms with Gasteiger partial charge in [-0.15, -0.1) is 0 Å². The van der Waals surface area contributed by atoms with E-state index in [0.717, 1.165) is 5.56 Å². The highest BCUT2D eigenvalue weighted by Gasteiger charge is 2.06. The van der Waals surface area contributed by atoms with Crippen LogP contribution < -0.4 is 10.6 Å². The SMILES string of the molecule is CC(C)NCC(=O)NCc1ccc(S(C)(=O)=O)cc1. The smallest absolute Gasteiger partial charge is 0.234 e. The molecule has 2 N–H and O–H groups in total. The molecule has 0 bridgehead atoms. The Labute approximate surface area is 114 Å². The molecule has 0 aromatic heterocycles. The first kappa shape index (κ1) is 15.7. The van der Waals surface area contributed by atoms with E-state index in [1.54, 1.807) is 24.3 Å². The van der Waals surface area contributed by atoms with Crippen LogP contribution in [0, 0.1) is 0 Å². The molecule has 0 saturated heterocycles. The lowest BCUT2D eigenvalue weighted by Crippen LogP contribution is -2.36. The summed E-state index contributed by atoms with van der Waals surface area (Å²) in [6.45, 7) is 4.61. The molecule has 5 nitrogen and oxygen atoms in total. The zero-order valence-corrected chi connectivity index (χ0v) is 12.3. The van der Waals surface area contributed by atoms with Gasteiger partial charge in [0, 0.05) is 18.8 Å². The molecule has 0 atom stereocenters. The van der Waals surface area contributed by atoms with Crippen LogP contribution in [-0.4, -0.2) is 33.2 Å². The lowest BCUT2D eigenvalue weighted by Gasteiger charge is -2.09. The van der Waals surface area contributed by atoms with Gasteiger partial charge in [0.1, 0.15) is 0 Å². The molecule has 0 spiro atoms. The Morgan fingerprint density at radius 3 is 2.26 bits per heavy atom. The number of carbonyl (C=O) groups is 1. The number of benzene rings is 1. The van der Waals surface area contributed by atoms with Crippen molar-refractivity contribution < 1.29 is 13.2 Å². The number of hydrogen-bond donors (Lipinski definition) is 2. The highest BCUT2D eigenvalue weighted by atomic mass is 32.2. The maximum Gasteiger partial charge on any atom is 0.234 e. The van der Waals surface area contributed by atoms with Crippen LogP contribution in [0.3, 0.4) is 0 Å². The molecule has 0 unspecified atom stereocenters. The lowest BCUT2D eigenvalue weighted by atomic mass is 10.2. The quantitative estimate of drug-likeness (QED) is 0.806. The summed E-state index contributed by atoms with van der Waals surface area (Å²) in [5.41, 5.74) is 0.866. The average molecular weight is 284 g/mol. The van der Waals surface area contributed by atoms with E-state index in [-0.39, 0.29) is 23.4 Å². The molecule has 0 fully saturated rings. The molecule has 0 heterocycles. The van der Waals surface area contributed by atoms with E-state index in [4.69, 9.17) is 0 Å². The van der Waals surface area contributed by atoms with Crippen LogP contribution in [0.4, 0.5) is 0 Å². The van der Waals surface area contributed by atoms with E-state index in [9.17, 15) is 13.2 Å². The van der Waals surface area contributed by atoms with Crippen molar-refractivity contribution in [1.29, 1.82) is 0 Å². The van der Waals surface area contributed by atoms with E-state index >= 15 is 0 Å². The molecular formula is C13H20N2O3S. The summed E-state index contributed by atoms with van der Waals surface area (Å²) in [6.07, 6.45) is 1.17. The van der Waals surface area contributed by atoms with E-state index in [1.165, 1.54) is 6.26 Å². The van der Waals surface area contributed by atoms with E-state index in [2.05, 4.69) is 10.6 Å². The number of nitrogens with one attached hydrogen (secondary N) is 2. The molecule has 106 valence electrons. The Bertz CT molecular complexity index is 521. The summed E-state index contributed by atoms with van der Waals surface area (Å²) in [6, 6.07) is 6.76. The summed E-state index contributed by atoms with van der Waals surface area (Å²) in [7, 11) is -3.17. The maximum atomic E-state index is 11.5. The van der Waals surface area contributed by atoms with Gasteiger partial charge < -0.3 is 10.6 Å². The van der Waals surface area contributed by atoms with Gasteiger partial charge in [0.15, 0.2) is 9.84 Å². The molecule has 19 heavy (non-hydrogen) atoms. The molecule has 0 radical (unpaired) electrons. The summed E-state index contributed by atoms with van der Waals surface area (Å²) in [4.78, 5) is 11.8. The first-order valence-electron chi connectivity index (χ1n) is 6.08. The normalized spacial score (nSPS) is 11.6. The Morgan fingerprint density at radius 2 is 1.79 bits per heavy atom. The fourth-order valence-corrected chi connectivity index (χ4v) is 2.04. The highest BCUT2D eigenvalue weighted by Crippen LogP contribution is 2.09. The van der Waals surface area contributed by atoms with Gasteiger partial charge >= 0.3 is 0 Å². The van der Waals surface area contributed by atoms with Gasteiger partial charge in [-0.05, 0) is 17.7 Å². The molecular weight excluding hydrogens is 264 g/mol. The lowest BCUT2D eigenvalue weighted by molar-refractivity contribution is -0.120. The number of carbonyl (C=O) groups excluding carboxylic acids is 1. The third kappa shape index (κ3) is 5.85. The van der Waals surface area contributed by atoms with Gasteiger partial charge in [-0.2, -0.15) is 0 Å². The summed E-state index contributed by atoms with van der Waals surface area (Å²) < 4.78 is 22.6. The maximum absolute atomic E-state index is 11.5. The summed E-state index contributed by atoms with van der Waals surface area (Å²) in [5, 5.41) is 5.78. The fraction of sp³-hybridized carbons (Fsp3) is 0.462. The predicted octanol–water partition coefficient (Wildman–Crippen LogP) is 0.704. The predicted molar refractivity (Wildman–Crippen MR) is 74.5 cm³/mol. The third-order valence-corrected chi connectivity index (χ3v) is 3.64. The molecule has 0 aliphatic carbocycles. The fourth-order valence-electron chi connectivity index (χ4n) is 1.41. The Kier molecular flexibility index (Phi) is 5.50. The van der Waals surface area contributed by atoms with Crippen LogP contribution in [0.15, 0.2) is 29.2 Å². The monoisotopic (exact) mass is 284 g/mol. The Morgan fingerprint density at radius 1 is 1.21 bits per heavy atom. The second kappa shape index (κ2) is 6.68. The van der Waals surface area contributed by atoms with E-state index < -0.39 is 9.84 Å². The molecule has 1 rings (SSSR count). The van der Waals surface area contributed by atoms with Crippen molar-refractivity contribution in [2.75, 3.05) is 12.8 Å². The van der Waals surface area contributed by atoms with Gasteiger partial charge in [-0.1, -0.05) is 26.0 Å². The van der Waals surface area contributed by atoms with Crippen LogP contribution in [0.1, 0.15) is 19.4 Å². The second-order valence-corrected chi connectivity index (χ2v) is 6.74. The topological polar surface area (TPSA) is 75.3 Å². The molecule has 1 aromatic rings. The van der Waals surface area contributed by atoms with Crippen LogP contribution in [0.2, 0.25) is 0 Å². The van der Waals surface area contributed by atoms with Crippen LogP contribution in [0.5, 0.6) is 0 Å². The zero-order chi connectivity index (χ0) is 14.5. The largest absolute Gasteiger partial charge is 0.351 e.